The zero-order chi connectivity index (χ0) is 16.6. The summed E-state index contributed by atoms with van der Waals surface area (Å²) in [5.74, 6) is -1.10. The first-order valence-electron chi connectivity index (χ1n) is 6.77. The summed E-state index contributed by atoms with van der Waals surface area (Å²) in [5.41, 5.74) is 2.04. The summed E-state index contributed by atoms with van der Waals surface area (Å²) >= 11 is 12.1. The molecule has 0 aliphatic rings. The van der Waals surface area contributed by atoms with Gasteiger partial charge in [-0.2, -0.15) is 5.10 Å². The second kappa shape index (κ2) is 6.20. The van der Waals surface area contributed by atoms with Crippen molar-refractivity contribution in [2.45, 2.75) is 13.2 Å². The quantitative estimate of drug-likeness (QED) is 0.753. The Bertz CT molecular complexity index is 906. The second-order valence-corrected chi connectivity index (χ2v) is 5.90. The number of carboxylic acids is 1. The molecule has 7 heteroatoms. The molecule has 0 aliphatic carbocycles. The molecular formula is C16H12Cl2N2O3. The number of nitrogens with zero attached hydrogens (tertiary/aromatic N) is 2. The number of benzene rings is 2. The van der Waals surface area contributed by atoms with Crippen molar-refractivity contribution in [2.24, 2.45) is 0 Å². The van der Waals surface area contributed by atoms with Gasteiger partial charge in [0.2, 0.25) is 0 Å². The molecule has 0 radical (unpaired) electrons. The normalized spacial score (nSPS) is 11.1. The van der Waals surface area contributed by atoms with Crippen LogP contribution < -0.4 is 0 Å². The molecule has 0 aliphatic heterocycles. The number of hydrogen-bond donors (Lipinski definition) is 2. The molecule has 0 unspecified atom stereocenters. The van der Waals surface area contributed by atoms with Crippen LogP contribution >= 0.6 is 23.2 Å². The van der Waals surface area contributed by atoms with Crippen molar-refractivity contribution in [1.29, 1.82) is 0 Å². The number of rotatable bonds is 4. The van der Waals surface area contributed by atoms with Gasteiger partial charge in [-0.25, -0.2) is 4.79 Å². The maximum absolute atomic E-state index is 11.4. The van der Waals surface area contributed by atoms with Crippen LogP contribution in [0.2, 0.25) is 10.0 Å². The minimum absolute atomic E-state index is 0.0328. The highest BCUT2D eigenvalue weighted by Crippen LogP contribution is 2.25. The fraction of sp³-hybridized carbons (Fsp3) is 0.125. The van der Waals surface area contributed by atoms with E-state index >= 15 is 0 Å². The lowest BCUT2D eigenvalue weighted by atomic mass is 10.1. The van der Waals surface area contributed by atoms with Gasteiger partial charge in [0.05, 0.1) is 18.7 Å². The molecule has 0 saturated heterocycles. The van der Waals surface area contributed by atoms with Gasteiger partial charge in [0, 0.05) is 15.4 Å². The van der Waals surface area contributed by atoms with Gasteiger partial charge in [0.25, 0.3) is 0 Å². The number of aliphatic hydroxyl groups excluding tert-OH is 1. The van der Waals surface area contributed by atoms with Crippen molar-refractivity contribution in [3.63, 3.8) is 0 Å². The number of carboxylic acid groups (broad SMARTS) is 1. The van der Waals surface area contributed by atoms with E-state index in [1.165, 1.54) is 0 Å². The minimum atomic E-state index is -1.10. The van der Waals surface area contributed by atoms with E-state index in [1.54, 1.807) is 41.1 Å². The number of aromatic nitrogens is 2. The molecular weight excluding hydrogens is 339 g/mol. The van der Waals surface area contributed by atoms with Gasteiger partial charge < -0.3 is 10.2 Å². The number of hydrogen-bond acceptors (Lipinski definition) is 3. The summed E-state index contributed by atoms with van der Waals surface area (Å²) in [6, 6.07) is 10.2. The van der Waals surface area contributed by atoms with Crippen LogP contribution in [0.3, 0.4) is 0 Å². The average molecular weight is 351 g/mol. The summed E-state index contributed by atoms with van der Waals surface area (Å²) in [4.78, 5) is 11.4. The Kier molecular flexibility index (Phi) is 4.26. The van der Waals surface area contributed by atoms with E-state index in [2.05, 4.69) is 5.10 Å². The number of aliphatic hydroxyl groups is 1. The molecule has 0 amide bonds. The van der Waals surface area contributed by atoms with E-state index in [0.29, 0.717) is 33.1 Å². The molecule has 3 aromatic rings. The van der Waals surface area contributed by atoms with Crippen LogP contribution in [-0.4, -0.2) is 26.0 Å². The third-order valence-electron chi connectivity index (χ3n) is 3.54. The van der Waals surface area contributed by atoms with E-state index in [0.717, 1.165) is 5.56 Å². The number of halogens is 2. The van der Waals surface area contributed by atoms with Crippen LogP contribution in [0.5, 0.6) is 0 Å². The fourth-order valence-electron chi connectivity index (χ4n) is 2.41. The van der Waals surface area contributed by atoms with E-state index in [9.17, 15) is 15.0 Å². The average Bonchev–Trinajstić information content (AvgIpc) is 2.88. The highest BCUT2D eigenvalue weighted by molar-refractivity contribution is 6.35. The number of fused-ring (bicyclic) bond motifs is 1. The molecule has 3 rings (SSSR count). The van der Waals surface area contributed by atoms with Gasteiger partial charge in [-0.1, -0.05) is 35.3 Å². The molecule has 118 valence electrons. The SMILES string of the molecule is O=C(O)c1nn(Cc2ccc(Cl)cc2Cl)c2cc(CO)ccc12. The van der Waals surface area contributed by atoms with Crippen LogP contribution in [-0.2, 0) is 13.2 Å². The summed E-state index contributed by atoms with van der Waals surface area (Å²) in [7, 11) is 0. The zero-order valence-corrected chi connectivity index (χ0v) is 13.3. The predicted molar refractivity (Wildman–Crippen MR) is 88.2 cm³/mol. The molecule has 0 saturated carbocycles. The van der Waals surface area contributed by atoms with Crippen LogP contribution in [0.25, 0.3) is 10.9 Å². The van der Waals surface area contributed by atoms with Gasteiger partial charge in [0.15, 0.2) is 5.69 Å². The van der Waals surface area contributed by atoms with Crippen LogP contribution in [0, 0.1) is 0 Å². The van der Waals surface area contributed by atoms with Gasteiger partial charge in [-0.15, -0.1) is 0 Å². The highest BCUT2D eigenvalue weighted by Gasteiger charge is 2.17. The smallest absolute Gasteiger partial charge is 0.357 e. The maximum Gasteiger partial charge on any atom is 0.357 e. The second-order valence-electron chi connectivity index (χ2n) is 5.06. The van der Waals surface area contributed by atoms with Crippen molar-refractivity contribution in [2.75, 3.05) is 0 Å². The fourth-order valence-corrected chi connectivity index (χ4v) is 2.88. The standard InChI is InChI=1S/C16H12Cl2N2O3/c17-11-3-2-10(13(18)6-11)7-20-14-5-9(8-21)1-4-12(14)15(19-20)16(22)23/h1-6,21H,7-8H2,(H,22,23). The Hall–Kier alpha value is -2.08. The number of aromatic carboxylic acids is 1. The topological polar surface area (TPSA) is 75.3 Å². The van der Waals surface area contributed by atoms with Gasteiger partial charge >= 0.3 is 5.97 Å². The monoisotopic (exact) mass is 350 g/mol. The molecule has 2 aromatic carbocycles. The first-order chi connectivity index (χ1) is 11.0. The molecule has 1 heterocycles. The Labute approximate surface area is 141 Å². The van der Waals surface area contributed by atoms with Crippen molar-refractivity contribution in [3.8, 4) is 0 Å². The van der Waals surface area contributed by atoms with E-state index < -0.39 is 5.97 Å². The van der Waals surface area contributed by atoms with Crippen molar-refractivity contribution in [3.05, 3.63) is 63.3 Å². The Balaban J connectivity index is 2.14. The van der Waals surface area contributed by atoms with Crippen LogP contribution in [0.4, 0.5) is 0 Å². The lowest BCUT2D eigenvalue weighted by molar-refractivity contribution is 0.0691. The number of carbonyl (C=O) groups is 1. The zero-order valence-electron chi connectivity index (χ0n) is 11.8. The van der Waals surface area contributed by atoms with Gasteiger partial charge in [-0.05, 0) is 35.4 Å². The maximum atomic E-state index is 11.4. The first kappa shape index (κ1) is 15.8. The predicted octanol–water partition coefficient (Wildman–Crippen LogP) is 3.58. The summed E-state index contributed by atoms with van der Waals surface area (Å²) in [5, 5.41) is 24.3. The largest absolute Gasteiger partial charge is 0.476 e. The third-order valence-corrected chi connectivity index (χ3v) is 4.12. The molecule has 23 heavy (non-hydrogen) atoms. The third kappa shape index (κ3) is 3.03. The van der Waals surface area contributed by atoms with E-state index in [1.807, 2.05) is 0 Å². The molecule has 2 N–H and O–H groups in total. The Morgan fingerprint density at radius 2 is 1.96 bits per heavy atom. The summed E-state index contributed by atoms with van der Waals surface area (Å²) in [6.45, 7) is 0.167. The summed E-state index contributed by atoms with van der Waals surface area (Å²) < 4.78 is 1.56. The van der Waals surface area contributed by atoms with Crippen LogP contribution in [0.1, 0.15) is 21.6 Å². The van der Waals surface area contributed by atoms with Gasteiger partial charge in [-0.3, -0.25) is 4.68 Å². The Morgan fingerprint density at radius 1 is 1.17 bits per heavy atom. The molecule has 5 nitrogen and oxygen atoms in total. The molecule has 0 fully saturated rings. The van der Waals surface area contributed by atoms with Crippen molar-refractivity contribution in [1.82, 2.24) is 9.78 Å². The van der Waals surface area contributed by atoms with Crippen molar-refractivity contribution < 1.29 is 15.0 Å². The highest BCUT2D eigenvalue weighted by atomic mass is 35.5. The molecule has 0 spiro atoms. The molecule has 0 atom stereocenters. The van der Waals surface area contributed by atoms with E-state index in [4.69, 9.17) is 23.2 Å². The first-order valence-corrected chi connectivity index (χ1v) is 7.52. The lowest BCUT2D eigenvalue weighted by Gasteiger charge is -2.07. The van der Waals surface area contributed by atoms with E-state index in [-0.39, 0.29) is 12.3 Å². The van der Waals surface area contributed by atoms with Crippen LogP contribution in [0.15, 0.2) is 36.4 Å². The summed E-state index contributed by atoms with van der Waals surface area (Å²) in [6.07, 6.45) is 0. The molecule has 1 aromatic heterocycles. The van der Waals surface area contributed by atoms with Gasteiger partial charge in [0.1, 0.15) is 0 Å². The molecule has 0 bridgehead atoms. The lowest BCUT2D eigenvalue weighted by Crippen LogP contribution is -2.05. The van der Waals surface area contributed by atoms with Crippen molar-refractivity contribution >= 4 is 40.1 Å². The Morgan fingerprint density at radius 3 is 2.61 bits per heavy atom. The minimum Gasteiger partial charge on any atom is -0.476 e.